The van der Waals surface area contributed by atoms with Crippen LogP contribution in [-0.2, 0) is 4.12 Å². The van der Waals surface area contributed by atoms with Gasteiger partial charge in [-0.2, -0.15) is 0 Å². The van der Waals surface area contributed by atoms with E-state index in [-0.39, 0.29) is 25.3 Å². The number of aliphatic hydroxyl groups excluding tert-OH is 2. The molecule has 0 saturated heterocycles. The van der Waals surface area contributed by atoms with Crippen molar-refractivity contribution in [3.63, 3.8) is 0 Å². The molecule has 0 aliphatic carbocycles. The Bertz CT molecular complexity index is 140. The van der Waals surface area contributed by atoms with Crippen molar-refractivity contribution in [1.82, 2.24) is 0 Å². The molecule has 0 aromatic rings. The molecule has 0 aromatic carbocycles. The fourth-order valence-electron chi connectivity index (χ4n) is 0.244. The topological polar surface area (TPSA) is 49.7 Å². The maximum absolute atomic E-state index is 8.49. The van der Waals surface area contributed by atoms with Gasteiger partial charge in [0, 0.05) is 18.2 Å². The van der Waals surface area contributed by atoms with Crippen molar-refractivity contribution in [2.45, 2.75) is 12.1 Å². The number of aliphatic hydroxyl groups is 2. The summed E-state index contributed by atoms with van der Waals surface area (Å²) >= 11 is 0. The molecule has 0 bridgehead atoms. The first kappa shape index (κ1) is 4.25. The second-order valence-corrected chi connectivity index (χ2v) is 3.73. The van der Waals surface area contributed by atoms with Gasteiger partial charge >= 0.3 is 0 Å². The van der Waals surface area contributed by atoms with Crippen LogP contribution in [0.4, 0.5) is 0 Å². The minimum atomic E-state index is -3.55. The van der Waals surface area contributed by atoms with E-state index in [4.69, 9.17) is 19.3 Å². The highest BCUT2D eigenvalue weighted by Gasteiger charge is 1.87. The quantitative estimate of drug-likeness (QED) is 0.458. The van der Waals surface area contributed by atoms with Crippen LogP contribution in [-0.4, -0.2) is 47.6 Å². The summed E-state index contributed by atoms with van der Waals surface area (Å²) in [4.78, 5) is 0. The molecule has 0 amide bonds. The van der Waals surface area contributed by atoms with Crippen molar-refractivity contribution in [2.75, 3.05) is 13.2 Å². The molecule has 0 heterocycles. The zero-order valence-corrected chi connectivity index (χ0v) is 7.13. The molecular weight excluding hydrogens is 152 g/mol. The van der Waals surface area contributed by atoms with Crippen molar-refractivity contribution in [3.8, 4) is 0 Å². The molecule has 0 radical (unpaired) electrons. The molecule has 2 N–H and O–H groups in total. The third-order valence-corrected chi connectivity index (χ3v) is 2.58. The lowest BCUT2D eigenvalue weighted by Crippen LogP contribution is -2.06. The summed E-state index contributed by atoms with van der Waals surface area (Å²) in [5, 5.41) is 17.0. The maximum Gasteiger partial charge on any atom is 0.148 e. The molecule has 0 aliphatic heterocycles. The molecule has 0 saturated carbocycles. The Hall–Kier alpha value is 0.314. The molecule has 0 atom stereocenters. The minimum Gasteiger partial charge on any atom is -0.465 e. The van der Waals surface area contributed by atoms with Crippen LogP contribution in [0.2, 0.25) is 12.1 Å². The molecule has 56 valence electrons. The average Bonchev–Trinajstić information content (AvgIpc) is 1.82. The van der Waals surface area contributed by atoms with E-state index >= 15 is 0 Å². The SMILES string of the molecule is [3H][Si]([3H])(CCO)O[Si]([3H])([3H])CCO. The Morgan fingerprint density at radius 1 is 1.22 bits per heavy atom. The molecule has 0 aromatic heterocycles. The summed E-state index contributed by atoms with van der Waals surface area (Å²) in [6.45, 7) is -0.661. The van der Waals surface area contributed by atoms with Crippen LogP contribution in [0.1, 0.15) is 0 Å². The van der Waals surface area contributed by atoms with Crippen molar-refractivity contribution in [3.05, 3.63) is 0 Å². The Kier molecular flexibility index (Phi) is 3.92. The molecule has 5 heteroatoms. The molecule has 3 nitrogen and oxygen atoms in total. The summed E-state index contributed by atoms with van der Waals surface area (Å²) in [5.74, 6) is 0. The minimum absolute atomic E-state index is 0.120. The van der Waals surface area contributed by atoms with Crippen molar-refractivity contribution >= 4 is 19.3 Å². The van der Waals surface area contributed by atoms with Gasteiger partial charge in [0.2, 0.25) is 0 Å². The summed E-state index contributed by atoms with van der Waals surface area (Å²) in [6, 6.07) is -0.240. The molecule has 0 aliphatic rings. The van der Waals surface area contributed by atoms with Gasteiger partial charge in [-0.25, -0.2) is 0 Å². The summed E-state index contributed by atoms with van der Waals surface area (Å²) in [7, 11) is -7.10. The highest BCUT2D eigenvalue weighted by Crippen LogP contribution is 1.79. The summed E-state index contributed by atoms with van der Waals surface area (Å²) < 4.78 is 33.9. The van der Waals surface area contributed by atoms with E-state index in [2.05, 4.69) is 0 Å². The van der Waals surface area contributed by atoms with E-state index in [0.29, 0.717) is 0 Å². The smallest absolute Gasteiger partial charge is 0.148 e. The van der Waals surface area contributed by atoms with Crippen LogP contribution in [0.25, 0.3) is 0 Å². The zero-order chi connectivity index (χ0) is 10.5. The second kappa shape index (κ2) is 8.31. The van der Waals surface area contributed by atoms with E-state index in [1.54, 1.807) is 0 Å². The van der Waals surface area contributed by atoms with E-state index in [1.165, 1.54) is 0 Å². The molecule has 0 rings (SSSR count). The molecule has 0 spiro atoms. The molecule has 0 unspecified atom stereocenters. The maximum atomic E-state index is 8.49. The lowest BCUT2D eigenvalue weighted by molar-refractivity contribution is 0.312. The fraction of sp³-hybridized carbons (Fsp3) is 1.00. The standard InChI is InChI=1S/C4H14O3Si2/c5-1-3-8-7-9-4-2-6/h5-6H,1-4,8-9H2/i8T2,9T2. The predicted molar refractivity (Wildman–Crippen MR) is 42.0 cm³/mol. The van der Waals surface area contributed by atoms with Gasteiger partial charge in [-0.3, -0.25) is 0 Å². The van der Waals surface area contributed by atoms with E-state index in [1.807, 2.05) is 0 Å². The molecular formula is C4H14O3Si2. The van der Waals surface area contributed by atoms with Gasteiger partial charge in [-0.05, 0) is 12.1 Å². The van der Waals surface area contributed by atoms with Gasteiger partial charge in [0.25, 0.3) is 0 Å². The summed E-state index contributed by atoms with van der Waals surface area (Å²) in [6.07, 6.45) is 0. The van der Waals surface area contributed by atoms with Gasteiger partial charge in [0.1, 0.15) is 19.3 Å². The highest BCUT2D eigenvalue weighted by atomic mass is 28.3. The predicted octanol–water partition coefficient (Wildman–Crippen LogP) is -2.01. The Morgan fingerprint density at radius 3 is 2.00 bits per heavy atom. The van der Waals surface area contributed by atoms with Crippen molar-refractivity contribution in [1.29, 1.82) is 4.94 Å². The van der Waals surface area contributed by atoms with Gasteiger partial charge in [-0.1, -0.05) is 0 Å². The normalized spacial score (nSPS) is 19.8. The zero-order valence-electron chi connectivity index (χ0n) is 9.13. The Labute approximate surface area is 64.8 Å². The van der Waals surface area contributed by atoms with Gasteiger partial charge < -0.3 is 14.3 Å². The fourth-order valence-corrected chi connectivity index (χ4v) is 1.65. The van der Waals surface area contributed by atoms with Crippen LogP contribution in [0, 0.1) is 0 Å². The largest absolute Gasteiger partial charge is 0.465 e. The van der Waals surface area contributed by atoms with Gasteiger partial charge in [0.05, 0.1) is 0 Å². The lowest BCUT2D eigenvalue weighted by atomic mass is 10.9. The van der Waals surface area contributed by atoms with Gasteiger partial charge in [0.15, 0.2) is 0 Å². The third kappa shape index (κ3) is 8.31. The van der Waals surface area contributed by atoms with Crippen LogP contribution in [0.5, 0.6) is 0 Å². The van der Waals surface area contributed by atoms with Gasteiger partial charge in [-0.15, -0.1) is 0 Å². The van der Waals surface area contributed by atoms with Crippen LogP contribution in [0.15, 0.2) is 0 Å². The number of hydrogen-bond donors (Lipinski definition) is 2. The number of rotatable bonds is 6. The third-order valence-electron chi connectivity index (χ3n) is 0.572. The second-order valence-electron chi connectivity index (χ2n) is 1.34. The Balaban J connectivity index is 4.07. The van der Waals surface area contributed by atoms with Crippen molar-refractivity contribution < 1.29 is 14.3 Å². The van der Waals surface area contributed by atoms with E-state index in [0.717, 1.165) is 0 Å². The average molecular weight is 174 g/mol. The Morgan fingerprint density at radius 2 is 1.67 bits per heavy atom. The van der Waals surface area contributed by atoms with E-state index < -0.39 is 19.3 Å². The molecule has 9 heavy (non-hydrogen) atoms. The summed E-state index contributed by atoms with van der Waals surface area (Å²) in [5.41, 5.74) is 0. The first-order valence-electron chi connectivity index (χ1n) is 4.75. The van der Waals surface area contributed by atoms with Crippen LogP contribution < -0.4 is 0 Å². The van der Waals surface area contributed by atoms with Crippen LogP contribution in [0.3, 0.4) is 0 Å². The lowest BCUT2D eigenvalue weighted by Gasteiger charge is -1.98. The molecule has 0 fully saturated rings. The van der Waals surface area contributed by atoms with Crippen molar-refractivity contribution in [2.24, 2.45) is 0 Å². The first-order valence-corrected chi connectivity index (χ1v) is 4.98. The number of hydrogen-bond acceptors (Lipinski definition) is 3. The van der Waals surface area contributed by atoms with Crippen LogP contribution >= 0.6 is 0 Å². The highest BCUT2D eigenvalue weighted by molar-refractivity contribution is 6.42. The first-order chi connectivity index (χ1) is 5.83. The van der Waals surface area contributed by atoms with E-state index in [9.17, 15) is 0 Å². The monoisotopic (exact) mass is 174 g/mol.